The molecule has 1 aromatic carbocycles. The van der Waals surface area contributed by atoms with E-state index in [0.717, 1.165) is 18.4 Å². The number of hydrogen-bond donors (Lipinski definition) is 4. The molecule has 1 amide bonds. The average Bonchev–Trinajstić information content (AvgIpc) is 3.69. The van der Waals surface area contributed by atoms with Crippen LogP contribution in [0.2, 0.25) is 0 Å². The van der Waals surface area contributed by atoms with Gasteiger partial charge in [-0.15, -0.1) is 0 Å². The maximum Gasteiger partial charge on any atom is 0.264 e. The minimum atomic E-state index is -0.520. The Morgan fingerprint density at radius 2 is 1.97 bits per heavy atom. The summed E-state index contributed by atoms with van der Waals surface area (Å²) in [6.45, 7) is 3.33. The van der Waals surface area contributed by atoms with Gasteiger partial charge in [-0.25, -0.2) is 9.11 Å². The average molecular weight is 529 g/mol. The van der Waals surface area contributed by atoms with Crippen molar-refractivity contribution in [3.8, 4) is 17.4 Å². The largest absolute Gasteiger partial charge is 0.491 e. The third kappa shape index (κ3) is 5.81. The number of nitrogens with zero attached hydrogens (tertiary/aromatic N) is 2. The smallest absolute Gasteiger partial charge is 0.264 e. The van der Waals surface area contributed by atoms with Gasteiger partial charge in [0.2, 0.25) is 0 Å². The number of carbonyl (C=O) groups is 1. The van der Waals surface area contributed by atoms with Crippen molar-refractivity contribution in [3.05, 3.63) is 63.2 Å². The molecule has 2 aromatic heterocycles. The van der Waals surface area contributed by atoms with Gasteiger partial charge >= 0.3 is 0 Å². The van der Waals surface area contributed by atoms with Gasteiger partial charge in [0.15, 0.2) is 11.5 Å². The molecule has 1 saturated carbocycles. The highest BCUT2D eigenvalue weighted by Gasteiger charge is 2.31. The van der Waals surface area contributed by atoms with Crippen molar-refractivity contribution in [2.75, 3.05) is 24.2 Å². The first-order valence-corrected chi connectivity index (χ1v) is 12.4. The molecule has 37 heavy (non-hydrogen) atoms. The van der Waals surface area contributed by atoms with Gasteiger partial charge in [0.25, 0.3) is 17.3 Å². The Bertz CT molecular complexity index is 1390. The Balaban J connectivity index is 1.87. The van der Waals surface area contributed by atoms with Crippen LogP contribution in [0.4, 0.5) is 21.7 Å². The Kier molecular flexibility index (Phi) is 7.89. The van der Waals surface area contributed by atoms with Gasteiger partial charge < -0.3 is 24.8 Å². The fourth-order valence-electron chi connectivity index (χ4n) is 3.64. The number of ether oxygens (including phenoxy) is 2. The normalized spacial score (nSPS) is 12.7. The number of amides is 1. The topological polar surface area (TPSA) is 119 Å². The molecule has 0 bridgehead atoms. The Morgan fingerprint density at radius 3 is 2.62 bits per heavy atom. The van der Waals surface area contributed by atoms with E-state index in [1.807, 2.05) is 0 Å². The summed E-state index contributed by atoms with van der Waals surface area (Å²) in [7, 11) is 4.72. The van der Waals surface area contributed by atoms with Crippen LogP contribution >= 0.6 is 12.1 Å². The summed E-state index contributed by atoms with van der Waals surface area (Å²) < 4.78 is 33.5. The molecule has 10 nitrogen and oxygen atoms in total. The van der Waals surface area contributed by atoms with Crippen LogP contribution < -0.4 is 35.1 Å². The van der Waals surface area contributed by atoms with Gasteiger partial charge in [-0.05, 0) is 63.6 Å². The van der Waals surface area contributed by atoms with Crippen LogP contribution in [0.3, 0.4) is 0 Å². The number of methoxy groups -OCH3 is 1. The second-order valence-electron chi connectivity index (χ2n) is 8.61. The molecule has 1 fully saturated rings. The van der Waals surface area contributed by atoms with Gasteiger partial charge in [0.05, 0.1) is 18.4 Å². The second kappa shape index (κ2) is 11.1. The first-order valence-electron chi connectivity index (χ1n) is 11.6. The maximum atomic E-state index is 14.8. The molecular formula is C25H29FN6O4S. The minimum absolute atomic E-state index is 0.000453. The van der Waals surface area contributed by atoms with Crippen LogP contribution in [0.15, 0.2) is 35.1 Å². The number of carbonyl (C=O) groups excluding carboxylic acids is 1. The number of aromatic nitrogens is 2. The molecule has 0 saturated heterocycles. The van der Waals surface area contributed by atoms with Gasteiger partial charge in [-0.1, -0.05) is 6.07 Å². The minimum Gasteiger partial charge on any atom is -0.491 e. The van der Waals surface area contributed by atoms with Crippen molar-refractivity contribution in [1.82, 2.24) is 19.6 Å². The van der Waals surface area contributed by atoms with Crippen LogP contribution in [-0.2, 0) is 7.05 Å². The highest BCUT2D eigenvalue weighted by Crippen LogP contribution is 2.38. The Labute approximate surface area is 218 Å². The van der Waals surface area contributed by atoms with Crippen molar-refractivity contribution in [1.29, 1.82) is 0 Å². The highest BCUT2D eigenvalue weighted by molar-refractivity contribution is 7.98. The van der Waals surface area contributed by atoms with Gasteiger partial charge in [-0.2, -0.15) is 4.98 Å². The summed E-state index contributed by atoms with van der Waals surface area (Å²) in [5, 5.41) is 5.89. The van der Waals surface area contributed by atoms with Crippen molar-refractivity contribution in [2.45, 2.75) is 32.7 Å². The number of benzene rings is 1. The summed E-state index contributed by atoms with van der Waals surface area (Å²) in [4.78, 5) is 31.2. The maximum absolute atomic E-state index is 14.8. The molecule has 4 rings (SSSR count). The molecule has 0 radical (unpaired) electrons. The van der Waals surface area contributed by atoms with Crippen LogP contribution in [0, 0.1) is 19.7 Å². The molecule has 0 aliphatic heterocycles. The summed E-state index contributed by atoms with van der Waals surface area (Å²) >= 11 is 1.20. The first kappa shape index (κ1) is 26.3. The molecule has 0 unspecified atom stereocenters. The fraction of sp³-hybridized carbons (Fsp3) is 0.320. The lowest BCUT2D eigenvalue weighted by atomic mass is 10.1. The number of aryl methyl sites for hydroxylation is 1. The zero-order valence-electron chi connectivity index (χ0n) is 21.2. The zero-order chi connectivity index (χ0) is 26.7. The third-order valence-electron chi connectivity index (χ3n) is 5.78. The summed E-state index contributed by atoms with van der Waals surface area (Å²) in [5.74, 6) is -0.0775. The van der Waals surface area contributed by atoms with Gasteiger partial charge in [0.1, 0.15) is 23.0 Å². The van der Waals surface area contributed by atoms with Crippen molar-refractivity contribution < 1.29 is 18.7 Å². The molecule has 1 aliphatic carbocycles. The SMILES string of the molecule is CNSNc1ccc(OC)c(Oc2c(C(=O)NC3CC3)c(Nc3ccc(C)cc3F)n(C)c(=O)c2C)n1. The summed E-state index contributed by atoms with van der Waals surface area (Å²) in [5.41, 5.74) is 0.664. The van der Waals surface area contributed by atoms with Crippen molar-refractivity contribution >= 4 is 35.4 Å². The predicted octanol–water partition coefficient (Wildman–Crippen LogP) is 4.17. The molecule has 196 valence electrons. The van der Waals surface area contributed by atoms with E-state index >= 15 is 0 Å². The molecule has 3 aromatic rings. The quantitative estimate of drug-likeness (QED) is 0.288. The molecule has 4 N–H and O–H groups in total. The van der Waals surface area contributed by atoms with Crippen LogP contribution in [0.5, 0.6) is 17.4 Å². The zero-order valence-corrected chi connectivity index (χ0v) is 22.0. The molecule has 0 atom stereocenters. The molecule has 2 heterocycles. The van der Waals surface area contributed by atoms with Gasteiger partial charge in [-0.3, -0.25) is 14.2 Å². The summed E-state index contributed by atoms with van der Waals surface area (Å²) in [6.07, 6.45) is 1.71. The lowest BCUT2D eigenvalue weighted by molar-refractivity contribution is 0.0948. The first-order chi connectivity index (χ1) is 17.7. The van der Waals surface area contributed by atoms with E-state index in [9.17, 15) is 14.0 Å². The summed E-state index contributed by atoms with van der Waals surface area (Å²) in [6, 6.07) is 8.03. The van der Waals surface area contributed by atoms with Crippen LogP contribution in [-0.4, -0.2) is 35.7 Å². The number of halogens is 1. The lowest BCUT2D eigenvalue weighted by Gasteiger charge is -2.21. The van der Waals surface area contributed by atoms with E-state index in [-0.39, 0.29) is 40.3 Å². The van der Waals surface area contributed by atoms with Crippen LogP contribution in [0.1, 0.15) is 34.3 Å². The Morgan fingerprint density at radius 1 is 1.22 bits per heavy atom. The fourth-order valence-corrected chi connectivity index (χ4v) is 3.97. The van der Waals surface area contributed by atoms with E-state index in [1.54, 1.807) is 45.2 Å². The van der Waals surface area contributed by atoms with Gasteiger partial charge in [0, 0.05) is 25.2 Å². The molecule has 1 aliphatic rings. The Hall–Kier alpha value is -3.77. The number of pyridine rings is 2. The lowest BCUT2D eigenvalue weighted by Crippen LogP contribution is -2.31. The monoisotopic (exact) mass is 528 g/mol. The van der Waals surface area contributed by atoms with Crippen molar-refractivity contribution in [2.24, 2.45) is 7.05 Å². The number of anilines is 3. The van der Waals surface area contributed by atoms with E-state index in [2.05, 4.69) is 25.1 Å². The van der Waals surface area contributed by atoms with E-state index in [1.165, 1.54) is 36.9 Å². The standard InChI is InChI=1S/C25H29FN6O4S/c1-13-6-9-17(16(26)12-13)29-22-20(23(33)28-15-7-8-15)21(14(2)25(34)32(22)4)36-24-18(35-5)10-11-19(30-24)31-37-27-3/h6,9-12,15,27,29H,7-8H2,1-5H3,(H,28,33)(H,30,31). The van der Waals surface area contributed by atoms with E-state index in [0.29, 0.717) is 11.6 Å². The molecular weight excluding hydrogens is 499 g/mol. The number of nitrogens with one attached hydrogen (secondary N) is 4. The van der Waals surface area contributed by atoms with E-state index < -0.39 is 17.3 Å². The number of rotatable bonds is 10. The van der Waals surface area contributed by atoms with Crippen LogP contribution in [0.25, 0.3) is 0 Å². The van der Waals surface area contributed by atoms with E-state index in [4.69, 9.17) is 9.47 Å². The second-order valence-corrected chi connectivity index (χ2v) is 9.43. The molecule has 12 heteroatoms. The molecule has 0 spiro atoms. The number of hydrogen-bond acceptors (Lipinski definition) is 9. The highest BCUT2D eigenvalue weighted by atomic mass is 32.2. The predicted molar refractivity (Wildman–Crippen MR) is 142 cm³/mol. The van der Waals surface area contributed by atoms with Crippen molar-refractivity contribution in [3.63, 3.8) is 0 Å². The third-order valence-corrected chi connectivity index (χ3v) is 6.30.